The number of methoxy groups -OCH3 is 2. The molecule has 0 aliphatic carbocycles. The van der Waals surface area contributed by atoms with E-state index in [-0.39, 0.29) is 5.91 Å². The zero-order valence-corrected chi connectivity index (χ0v) is 14.8. The number of carbonyl (C=O) groups excluding carboxylic acids is 1. The van der Waals surface area contributed by atoms with Crippen LogP contribution in [0.5, 0.6) is 5.75 Å². The summed E-state index contributed by atoms with van der Waals surface area (Å²) in [6.45, 7) is 5.02. The molecular weight excluding hydrogens is 308 g/mol. The summed E-state index contributed by atoms with van der Waals surface area (Å²) in [5.74, 6) is 0.721. The van der Waals surface area contributed by atoms with E-state index in [2.05, 4.69) is 10.6 Å². The van der Waals surface area contributed by atoms with Crippen LogP contribution < -0.4 is 15.4 Å². The number of benzene rings is 1. The van der Waals surface area contributed by atoms with Crippen molar-refractivity contribution in [3.63, 3.8) is 0 Å². The third-order valence-corrected chi connectivity index (χ3v) is 4.42. The molecule has 1 heterocycles. The summed E-state index contributed by atoms with van der Waals surface area (Å²) in [6.07, 6.45) is 1.36. The predicted molar refractivity (Wildman–Crippen MR) is 92.2 cm³/mol. The molecule has 0 radical (unpaired) electrons. The van der Waals surface area contributed by atoms with E-state index >= 15 is 0 Å². The Morgan fingerprint density at radius 1 is 1.25 bits per heavy atom. The Morgan fingerprint density at radius 3 is 2.67 bits per heavy atom. The number of hydrogen-bond acceptors (Lipinski definition) is 5. The Labute approximate surface area is 143 Å². The van der Waals surface area contributed by atoms with Gasteiger partial charge in [-0.1, -0.05) is 12.1 Å². The minimum absolute atomic E-state index is 0.0603. The number of ether oxygens (including phenoxy) is 3. The van der Waals surface area contributed by atoms with Gasteiger partial charge in [0.05, 0.1) is 6.61 Å². The summed E-state index contributed by atoms with van der Waals surface area (Å²) in [5.41, 5.74) is 1.34. The lowest BCUT2D eigenvalue weighted by molar-refractivity contribution is -0.146. The molecule has 2 N–H and O–H groups in total. The van der Waals surface area contributed by atoms with Crippen molar-refractivity contribution in [3.05, 3.63) is 29.3 Å². The quantitative estimate of drug-likeness (QED) is 0.703. The molecule has 6 heteroatoms. The van der Waals surface area contributed by atoms with E-state index in [9.17, 15) is 4.79 Å². The molecule has 6 nitrogen and oxygen atoms in total. The molecule has 0 saturated carbocycles. The van der Waals surface area contributed by atoms with E-state index in [1.807, 2.05) is 25.1 Å². The molecule has 1 aromatic rings. The number of nitrogens with one attached hydrogen (secondary N) is 2. The maximum absolute atomic E-state index is 12.6. The second kappa shape index (κ2) is 9.01. The summed E-state index contributed by atoms with van der Waals surface area (Å²) in [6, 6.07) is 5.98. The van der Waals surface area contributed by atoms with Gasteiger partial charge in [0.15, 0.2) is 0 Å². The molecule has 1 aliphatic heterocycles. The summed E-state index contributed by atoms with van der Waals surface area (Å²) in [5, 5.41) is 6.26. The smallest absolute Gasteiger partial charge is 0.252 e. The summed E-state index contributed by atoms with van der Waals surface area (Å²) >= 11 is 0. The van der Waals surface area contributed by atoms with Gasteiger partial charge in [-0.2, -0.15) is 0 Å². The second-order valence-corrected chi connectivity index (χ2v) is 6.08. The van der Waals surface area contributed by atoms with Gasteiger partial charge in [0.1, 0.15) is 18.0 Å². The van der Waals surface area contributed by atoms with Gasteiger partial charge in [0, 0.05) is 26.3 Å². The molecule has 0 spiro atoms. The molecule has 1 aliphatic rings. The average molecular weight is 336 g/mol. The number of aryl methyl sites for hydroxylation is 1. The predicted octanol–water partition coefficient (Wildman–Crippen LogP) is 1.41. The molecule has 1 amide bonds. The van der Waals surface area contributed by atoms with Crippen molar-refractivity contribution in [1.82, 2.24) is 10.6 Å². The zero-order chi connectivity index (χ0) is 17.4. The Balaban J connectivity index is 2.01. The van der Waals surface area contributed by atoms with Gasteiger partial charge in [0.2, 0.25) is 0 Å². The van der Waals surface area contributed by atoms with Crippen molar-refractivity contribution < 1.29 is 19.0 Å². The first-order valence-corrected chi connectivity index (χ1v) is 8.37. The molecule has 24 heavy (non-hydrogen) atoms. The number of amides is 1. The molecule has 1 fully saturated rings. The molecule has 1 aromatic carbocycles. The molecule has 0 atom stereocenters. The van der Waals surface area contributed by atoms with Crippen molar-refractivity contribution in [2.45, 2.75) is 31.9 Å². The molecule has 1 saturated heterocycles. The molecule has 134 valence electrons. The van der Waals surface area contributed by atoms with Crippen LogP contribution in [0, 0.1) is 6.92 Å². The van der Waals surface area contributed by atoms with Crippen molar-refractivity contribution >= 4 is 5.91 Å². The van der Waals surface area contributed by atoms with Crippen LogP contribution in [0.25, 0.3) is 0 Å². The summed E-state index contributed by atoms with van der Waals surface area (Å²) in [4.78, 5) is 12.6. The molecule has 0 bridgehead atoms. The van der Waals surface area contributed by atoms with Crippen LogP contribution in [0.2, 0.25) is 0 Å². The number of piperidine rings is 1. The second-order valence-electron chi connectivity index (χ2n) is 6.08. The Bertz CT molecular complexity index is 542. The first-order valence-electron chi connectivity index (χ1n) is 8.37. The topological polar surface area (TPSA) is 68.8 Å². The maximum atomic E-state index is 12.6. The van der Waals surface area contributed by atoms with Gasteiger partial charge in [-0.3, -0.25) is 4.79 Å². The number of carbonyl (C=O) groups is 1. The van der Waals surface area contributed by atoms with E-state index in [0.717, 1.165) is 30.0 Å². The third-order valence-electron chi connectivity index (χ3n) is 4.42. The average Bonchev–Trinajstić information content (AvgIpc) is 2.61. The monoisotopic (exact) mass is 336 g/mol. The lowest BCUT2D eigenvalue weighted by Gasteiger charge is -2.34. The van der Waals surface area contributed by atoms with Crippen molar-refractivity contribution in [2.24, 2.45) is 0 Å². The van der Waals surface area contributed by atoms with Crippen molar-refractivity contribution in [2.75, 3.05) is 40.5 Å². The van der Waals surface area contributed by atoms with Crippen LogP contribution >= 0.6 is 0 Å². The van der Waals surface area contributed by atoms with Gasteiger partial charge < -0.3 is 24.8 Å². The lowest BCUT2D eigenvalue weighted by atomic mass is 9.91. The Kier molecular flexibility index (Phi) is 7.02. The first-order chi connectivity index (χ1) is 11.6. The Hall–Kier alpha value is -1.63. The number of rotatable bonds is 8. The minimum atomic E-state index is -0.729. The minimum Gasteiger partial charge on any atom is -0.491 e. The molecule has 2 rings (SSSR count). The van der Waals surface area contributed by atoms with E-state index in [1.165, 1.54) is 0 Å². The van der Waals surface area contributed by atoms with E-state index < -0.39 is 5.60 Å². The number of hydrogen-bond donors (Lipinski definition) is 2. The fourth-order valence-corrected chi connectivity index (χ4v) is 2.87. The summed E-state index contributed by atoms with van der Waals surface area (Å²) < 4.78 is 16.3. The van der Waals surface area contributed by atoms with Gasteiger partial charge in [-0.05, 0) is 44.5 Å². The van der Waals surface area contributed by atoms with Crippen molar-refractivity contribution in [1.29, 1.82) is 0 Å². The third kappa shape index (κ3) is 4.69. The highest BCUT2D eigenvalue weighted by molar-refractivity contribution is 5.85. The van der Waals surface area contributed by atoms with Gasteiger partial charge in [-0.15, -0.1) is 0 Å². The highest BCUT2D eigenvalue weighted by atomic mass is 16.5. The van der Waals surface area contributed by atoms with Crippen LogP contribution in [-0.4, -0.2) is 52.0 Å². The van der Waals surface area contributed by atoms with Crippen LogP contribution in [0.4, 0.5) is 0 Å². The van der Waals surface area contributed by atoms with Gasteiger partial charge >= 0.3 is 0 Å². The highest BCUT2D eigenvalue weighted by Gasteiger charge is 2.39. The Morgan fingerprint density at radius 2 is 2.00 bits per heavy atom. The molecular formula is C18H28N2O4. The van der Waals surface area contributed by atoms with E-state index in [0.29, 0.717) is 32.6 Å². The van der Waals surface area contributed by atoms with Gasteiger partial charge in [-0.25, -0.2) is 0 Å². The van der Waals surface area contributed by atoms with Crippen LogP contribution in [0.1, 0.15) is 24.0 Å². The van der Waals surface area contributed by atoms with E-state index in [1.54, 1.807) is 14.2 Å². The zero-order valence-electron chi connectivity index (χ0n) is 14.8. The van der Waals surface area contributed by atoms with Crippen LogP contribution in [0.15, 0.2) is 18.2 Å². The largest absolute Gasteiger partial charge is 0.491 e. The SMILES string of the molecule is COCCOc1cc(C)ccc1CNC(=O)C1(OC)CCNCC1. The van der Waals surface area contributed by atoms with E-state index in [4.69, 9.17) is 14.2 Å². The fraction of sp³-hybridized carbons (Fsp3) is 0.611. The normalized spacial score (nSPS) is 16.6. The first kappa shape index (κ1) is 18.7. The fourth-order valence-electron chi connectivity index (χ4n) is 2.87. The standard InChI is InChI=1S/C18H28N2O4/c1-14-4-5-15(16(12-14)24-11-10-22-2)13-20-17(21)18(23-3)6-8-19-9-7-18/h4-5,12,19H,6-11,13H2,1-3H3,(H,20,21). The van der Waals surface area contributed by atoms with Crippen LogP contribution in [0.3, 0.4) is 0 Å². The van der Waals surface area contributed by atoms with Crippen molar-refractivity contribution in [3.8, 4) is 5.75 Å². The molecule has 0 aromatic heterocycles. The van der Waals surface area contributed by atoms with Gasteiger partial charge in [0.25, 0.3) is 5.91 Å². The van der Waals surface area contributed by atoms with Crippen LogP contribution in [-0.2, 0) is 20.8 Å². The highest BCUT2D eigenvalue weighted by Crippen LogP contribution is 2.24. The summed E-state index contributed by atoms with van der Waals surface area (Å²) in [7, 11) is 3.25. The lowest BCUT2D eigenvalue weighted by Crippen LogP contribution is -2.53. The molecule has 0 unspecified atom stereocenters. The maximum Gasteiger partial charge on any atom is 0.252 e.